The van der Waals surface area contributed by atoms with Crippen LogP contribution in [0.1, 0.15) is 0 Å². The van der Waals surface area contributed by atoms with Gasteiger partial charge in [0.25, 0.3) is 0 Å². The summed E-state index contributed by atoms with van der Waals surface area (Å²) in [5, 5.41) is 0. The van der Waals surface area contributed by atoms with Gasteiger partial charge in [-0.3, -0.25) is 0 Å². The molecular formula is C12H20O6. The third-order valence-electron chi connectivity index (χ3n) is 3.48. The summed E-state index contributed by atoms with van der Waals surface area (Å²) in [6, 6.07) is 0. The average molecular weight is 260 g/mol. The van der Waals surface area contributed by atoms with Gasteiger partial charge < -0.3 is 28.4 Å². The Bertz CT molecular complexity index is 269. The molecule has 3 unspecified atom stereocenters. The van der Waals surface area contributed by atoms with Crippen LogP contribution < -0.4 is 0 Å². The van der Waals surface area contributed by atoms with E-state index in [1.807, 2.05) is 0 Å². The Labute approximate surface area is 106 Å². The first-order valence-corrected chi connectivity index (χ1v) is 6.45. The first kappa shape index (κ1) is 12.8. The number of methoxy groups -OCH3 is 1. The molecule has 3 saturated heterocycles. The fourth-order valence-electron chi connectivity index (χ4n) is 2.39. The fourth-order valence-corrected chi connectivity index (χ4v) is 2.39. The van der Waals surface area contributed by atoms with Gasteiger partial charge in [0.2, 0.25) is 0 Å². The lowest BCUT2D eigenvalue weighted by Crippen LogP contribution is -2.35. The second-order valence-corrected chi connectivity index (χ2v) is 4.83. The predicted molar refractivity (Wildman–Crippen MR) is 60.6 cm³/mol. The van der Waals surface area contributed by atoms with E-state index in [9.17, 15) is 0 Å². The Hall–Kier alpha value is -0.240. The van der Waals surface area contributed by atoms with Gasteiger partial charge in [0.1, 0.15) is 30.5 Å². The molecule has 0 bridgehead atoms. The van der Waals surface area contributed by atoms with Gasteiger partial charge in [-0.15, -0.1) is 0 Å². The van der Waals surface area contributed by atoms with Crippen LogP contribution in [0.15, 0.2) is 0 Å². The second kappa shape index (κ2) is 5.81. The van der Waals surface area contributed by atoms with E-state index in [2.05, 4.69) is 0 Å². The van der Waals surface area contributed by atoms with Crippen molar-refractivity contribution in [3.8, 4) is 0 Å². The van der Waals surface area contributed by atoms with Gasteiger partial charge in [-0.2, -0.15) is 0 Å². The van der Waals surface area contributed by atoms with Gasteiger partial charge in [-0.1, -0.05) is 0 Å². The Morgan fingerprint density at radius 3 is 2.17 bits per heavy atom. The zero-order valence-electron chi connectivity index (χ0n) is 10.6. The lowest BCUT2D eigenvalue weighted by molar-refractivity contribution is -0.0589. The van der Waals surface area contributed by atoms with Crippen LogP contribution in [0.2, 0.25) is 0 Å². The van der Waals surface area contributed by atoms with Crippen molar-refractivity contribution < 1.29 is 28.4 Å². The van der Waals surface area contributed by atoms with Crippen LogP contribution >= 0.6 is 0 Å². The largest absolute Gasteiger partial charge is 0.382 e. The van der Waals surface area contributed by atoms with E-state index in [1.54, 1.807) is 7.11 Å². The molecule has 0 amide bonds. The van der Waals surface area contributed by atoms with Gasteiger partial charge in [-0.05, 0) is 0 Å². The van der Waals surface area contributed by atoms with E-state index in [0.29, 0.717) is 33.0 Å². The quantitative estimate of drug-likeness (QED) is 0.458. The number of fused-ring (bicyclic) bond motifs is 1. The Balaban J connectivity index is 1.43. The van der Waals surface area contributed by atoms with E-state index in [1.165, 1.54) is 0 Å². The summed E-state index contributed by atoms with van der Waals surface area (Å²) in [5.74, 6) is 0. The first-order valence-electron chi connectivity index (χ1n) is 6.45. The van der Waals surface area contributed by atoms with Gasteiger partial charge in [0, 0.05) is 7.11 Å². The SMILES string of the molecule is COCCO[C@@H]1COC2C1OC[C@@H]2OCC1CO1. The highest BCUT2D eigenvalue weighted by molar-refractivity contribution is 4.96. The van der Waals surface area contributed by atoms with Crippen LogP contribution in [-0.2, 0) is 28.4 Å². The summed E-state index contributed by atoms with van der Waals surface area (Å²) in [6.07, 6.45) is 0.272. The third kappa shape index (κ3) is 2.84. The lowest BCUT2D eigenvalue weighted by Gasteiger charge is -2.17. The molecule has 104 valence electrons. The first-order chi connectivity index (χ1) is 8.88. The Morgan fingerprint density at radius 1 is 0.889 bits per heavy atom. The smallest absolute Gasteiger partial charge is 0.115 e. The van der Waals surface area contributed by atoms with Crippen molar-refractivity contribution in [2.45, 2.75) is 30.5 Å². The van der Waals surface area contributed by atoms with Gasteiger partial charge in [0.05, 0.1) is 39.6 Å². The predicted octanol–water partition coefficient (Wildman–Crippen LogP) is -0.400. The zero-order valence-corrected chi connectivity index (χ0v) is 10.6. The summed E-state index contributed by atoms with van der Waals surface area (Å²) < 4.78 is 33.0. The van der Waals surface area contributed by atoms with E-state index >= 15 is 0 Å². The van der Waals surface area contributed by atoms with Crippen LogP contribution in [-0.4, -0.2) is 77.3 Å². The van der Waals surface area contributed by atoms with Gasteiger partial charge in [0.15, 0.2) is 0 Å². The molecule has 6 nitrogen and oxygen atoms in total. The molecule has 0 aromatic heterocycles. The monoisotopic (exact) mass is 260 g/mol. The second-order valence-electron chi connectivity index (χ2n) is 4.83. The fraction of sp³-hybridized carbons (Fsp3) is 1.00. The molecular weight excluding hydrogens is 240 g/mol. The van der Waals surface area contributed by atoms with Crippen molar-refractivity contribution in [1.82, 2.24) is 0 Å². The number of epoxide rings is 1. The molecule has 0 aromatic rings. The van der Waals surface area contributed by atoms with Crippen LogP contribution in [0.4, 0.5) is 0 Å². The Morgan fingerprint density at radius 2 is 1.56 bits per heavy atom. The minimum absolute atomic E-state index is 0.00343. The molecule has 6 heteroatoms. The summed E-state index contributed by atoms with van der Waals surface area (Å²) >= 11 is 0. The molecule has 0 aromatic carbocycles. The maximum absolute atomic E-state index is 5.76. The molecule has 0 saturated carbocycles. The molecule has 0 aliphatic carbocycles. The van der Waals surface area contributed by atoms with Crippen LogP contribution in [0, 0.1) is 0 Å². The summed E-state index contributed by atoms with van der Waals surface area (Å²) in [7, 11) is 1.66. The normalized spacial score (nSPS) is 42.2. The zero-order chi connectivity index (χ0) is 12.4. The van der Waals surface area contributed by atoms with Crippen molar-refractivity contribution in [2.75, 3.05) is 46.8 Å². The highest BCUT2D eigenvalue weighted by Gasteiger charge is 2.49. The number of rotatable bonds is 7. The summed E-state index contributed by atoms with van der Waals surface area (Å²) in [6.45, 7) is 3.75. The number of hydrogen-bond donors (Lipinski definition) is 0. The van der Waals surface area contributed by atoms with Crippen LogP contribution in [0.25, 0.3) is 0 Å². The maximum atomic E-state index is 5.76. The topological polar surface area (TPSA) is 58.7 Å². The average Bonchev–Trinajstić information content (AvgIpc) is 2.98. The lowest BCUT2D eigenvalue weighted by atomic mass is 10.1. The van der Waals surface area contributed by atoms with Gasteiger partial charge in [-0.25, -0.2) is 0 Å². The standard InChI is InChI=1S/C12H20O6/c1-13-2-3-14-9-6-17-12-10(7-18-11(9)12)16-5-8-4-15-8/h8-12H,2-7H2,1H3/t8?,9-,10+,11?,12?/m1/s1. The Kier molecular flexibility index (Phi) is 4.13. The summed E-state index contributed by atoms with van der Waals surface area (Å²) in [5.41, 5.74) is 0. The van der Waals surface area contributed by atoms with E-state index in [4.69, 9.17) is 28.4 Å². The minimum Gasteiger partial charge on any atom is -0.382 e. The van der Waals surface area contributed by atoms with Crippen molar-refractivity contribution in [2.24, 2.45) is 0 Å². The van der Waals surface area contributed by atoms with Crippen molar-refractivity contribution in [3.63, 3.8) is 0 Å². The van der Waals surface area contributed by atoms with E-state index in [-0.39, 0.29) is 30.5 Å². The molecule has 3 rings (SSSR count). The van der Waals surface area contributed by atoms with Crippen molar-refractivity contribution in [1.29, 1.82) is 0 Å². The molecule has 3 aliphatic heterocycles. The molecule has 5 atom stereocenters. The van der Waals surface area contributed by atoms with Gasteiger partial charge >= 0.3 is 0 Å². The number of hydrogen-bond acceptors (Lipinski definition) is 6. The van der Waals surface area contributed by atoms with Crippen LogP contribution in [0.5, 0.6) is 0 Å². The van der Waals surface area contributed by atoms with E-state index < -0.39 is 0 Å². The summed E-state index contributed by atoms with van der Waals surface area (Å²) in [4.78, 5) is 0. The third-order valence-corrected chi connectivity index (χ3v) is 3.48. The molecule has 0 N–H and O–H groups in total. The number of ether oxygens (including phenoxy) is 6. The van der Waals surface area contributed by atoms with E-state index in [0.717, 1.165) is 6.61 Å². The molecule has 3 heterocycles. The highest BCUT2D eigenvalue weighted by atomic mass is 16.7. The molecule has 18 heavy (non-hydrogen) atoms. The highest BCUT2D eigenvalue weighted by Crippen LogP contribution is 2.30. The molecule has 3 aliphatic rings. The van der Waals surface area contributed by atoms with Crippen molar-refractivity contribution >= 4 is 0 Å². The maximum Gasteiger partial charge on any atom is 0.115 e. The van der Waals surface area contributed by atoms with Crippen LogP contribution in [0.3, 0.4) is 0 Å². The minimum atomic E-state index is -0.00743. The molecule has 0 spiro atoms. The van der Waals surface area contributed by atoms with Crippen molar-refractivity contribution in [3.05, 3.63) is 0 Å². The molecule has 0 radical (unpaired) electrons. The molecule has 3 fully saturated rings.